The molecule has 2 aromatic rings. The number of aromatic nitrogens is 2. The Bertz CT molecular complexity index is 677. The minimum atomic E-state index is 0.599. The second kappa shape index (κ2) is 8.67. The summed E-state index contributed by atoms with van der Waals surface area (Å²) in [6, 6.07) is 8.61. The van der Waals surface area contributed by atoms with E-state index in [9.17, 15) is 0 Å². The van der Waals surface area contributed by atoms with Crippen LogP contribution in [0.25, 0.3) is 0 Å². The summed E-state index contributed by atoms with van der Waals surface area (Å²) >= 11 is 0. The molecule has 1 unspecified atom stereocenters. The van der Waals surface area contributed by atoms with Gasteiger partial charge in [-0.15, -0.1) is 0 Å². The molecule has 0 bridgehead atoms. The van der Waals surface area contributed by atoms with E-state index >= 15 is 0 Å². The third-order valence-corrected chi connectivity index (χ3v) is 4.50. The summed E-state index contributed by atoms with van der Waals surface area (Å²) in [6.45, 7) is 4.31. The molecule has 1 aliphatic heterocycles. The first-order valence-electron chi connectivity index (χ1n) is 8.77. The third-order valence-electron chi connectivity index (χ3n) is 4.50. The Balaban J connectivity index is 1.54. The lowest BCUT2D eigenvalue weighted by Crippen LogP contribution is -2.41. The molecule has 1 aliphatic rings. The van der Waals surface area contributed by atoms with Gasteiger partial charge in [0.2, 0.25) is 0 Å². The minimum absolute atomic E-state index is 0.599. The molecule has 0 radical (unpaired) electrons. The van der Waals surface area contributed by atoms with Crippen molar-refractivity contribution in [1.29, 1.82) is 0 Å². The zero-order chi connectivity index (χ0) is 17.5. The fraction of sp³-hybridized carbons (Fsp3) is 0.474. The average molecular weight is 341 g/mol. The molecule has 1 atom stereocenters. The van der Waals surface area contributed by atoms with Crippen LogP contribution in [-0.2, 0) is 17.8 Å². The minimum Gasteiger partial charge on any atom is -0.381 e. The molecular formula is C19H27N5O. The van der Waals surface area contributed by atoms with Gasteiger partial charge in [0.15, 0.2) is 5.96 Å². The van der Waals surface area contributed by atoms with Crippen LogP contribution in [-0.4, -0.2) is 54.3 Å². The van der Waals surface area contributed by atoms with E-state index in [0.29, 0.717) is 5.92 Å². The first kappa shape index (κ1) is 17.5. The molecule has 134 valence electrons. The molecule has 2 heterocycles. The molecule has 3 rings (SSSR count). The molecule has 1 aromatic carbocycles. The van der Waals surface area contributed by atoms with Crippen molar-refractivity contribution < 1.29 is 4.74 Å². The van der Waals surface area contributed by atoms with Crippen LogP contribution in [0.3, 0.4) is 0 Å². The molecule has 0 aliphatic carbocycles. The van der Waals surface area contributed by atoms with Crippen LogP contribution < -0.4 is 5.32 Å². The van der Waals surface area contributed by atoms with Crippen molar-refractivity contribution in [3.63, 3.8) is 0 Å². The summed E-state index contributed by atoms with van der Waals surface area (Å²) < 4.78 is 7.54. The number of aliphatic imine (C=N–C) groups is 1. The van der Waals surface area contributed by atoms with Crippen molar-refractivity contribution in [3.8, 4) is 0 Å². The number of benzene rings is 1. The molecule has 25 heavy (non-hydrogen) atoms. The van der Waals surface area contributed by atoms with E-state index in [-0.39, 0.29) is 0 Å². The highest BCUT2D eigenvalue weighted by Gasteiger charge is 2.18. The topological polar surface area (TPSA) is 54.7 Å². The Morgan fingerprint density at radius 3 is 3.04 bits per heavy atom. The molecule has 1 aromatic heterocycles. The average Bonchev–Trinajstić information content (AvgIpc) is 3.30. The lowest BCUT2D eigenvalue weighted by molar-refractivity contribution is 0.181. The summed E-state index contributed by atoms with van der Waals surface area (Å²) in [5, 5.41) is 3.46. The van der Waals surface area contributed by atoms with Gasteiger partial charge in [0.1, 0.15) is 0 Å². The Labute approximate surface area is 149 Å². The maximum atomic E-state index is 5.46. The van der Waals surface area contributed by atoms with Gasteiger partial charge < -0.3 is 19.5 Å². The first-order chi connectivity index (χ1) is 12.2. The molecule has 6 nitrogen and oxygen atoms in total. The van der Waals surface area contributed by atoms with Gasteiger partial charge >= 0.3 is 0 Å². The molecule has 0 spiro atoms. The van der Waals surface area contributed by atoms with Crippen LogP contribution in [0.15, 0.2) is 48.0 Å². The molecule has 1 N–H and O–H groups in total. The lowest BCUT2D eigenvalue weighted by Gasteiger charge is -2.24. The second-order valence-electron chi connectivity index (χ2n) is 6.57. The number of imidazole rings is 1. The number of ether oxygens (including phenoxy) is 1. The third kappa shape index (κ3) is 5.06. The van der Waals surface area contributed by atoms with E-state index in [4.69, 9.17) is 4.74 Å². The number of nitrogens with one attached hydrogen (secondary N) is 1. The van der Waals surface area contributed by atoms with Crippen LogP contribution >= 0.6 is 0 Å². The molecule has 0 saturated carbocycles. The predicted molar refractivity (Wildman–Crippen MR) is 99.5 cm³/mol. The van der Waals surface area contributed by atoms with E-state index < -0.39 is 0 Å². The molecule has 6 heteroatoms. The number of hydrogen-bond donors (Lipinski definition) is 1. The lowest BCUT2D eigenvalue weighted by atomic mass is 10.1. The van der Waals surface area contributed by atoms with E-state index in [0.717, 1.165) is 45.2 Å². The van der Waals surface area contributed by atoms with Crippen molar-refractivity contribution >= 4 is 5.96 Å². The van der Waals surface area contributed by atoms with Gasteiger partial charge in [0.05, 0.1) is 12.9 Å². The van der Waals surface area contributed by atoms with Gasteiger partial charge in [-0.05, 0) is 17.5 Å². The monoisotopic (exact) mass is 341 g/mol. The van der Waals surface area contributed by atoms with Crippen molar-refractivity contribution in [2.24, 2.45) is 10.9 Å². The number of hydrogen-bond acceptors (Lipinski definition) is 3. The first-order valence-corrected chi connectivity index (χ1v) is 8.77. The van der Waals surface area contributed by atoms with Crippen LogP contribution in [0.4, 0.5) is 0 Å². The summed E-state index contributed by atoms with van der Waals surface area (Å²) in [7, 11) is 3.92. The highest BCUT2D eigenvalue weighted by atomic mass is 16.5. The van der Waals surface area contributed by atoms with Crippen LogP contribution in [0.5, 0.6) is 0 Å². The van der Waals surface area contributed by atoms with Gasteiger partial charge in [0, 0.05) is 58.6 Å². The van der Waals surface area contributed by atoms with E-state index in [1.165, 1.54) is 11.1 Å². The largest absolute Gasteiger partial charge is 0.381 e. The standard InChI is InChI=1S/C19H27N5O/c1-20-19(23(2)12-18-6-9-25-14-18)22-11-16-4-3-5-17(10-16)13-24-8-7-21-15-24/h3-5,7-8,10,15,18H,6,9,11-14H2,1-2H3,(H,20,22). The van der Waals surface area contributed by atoms with Gasteiger partial charge in [-0.2, -0.15) is 0 Å². The van der Waals surface area contributed by atoms with Gasteiger partial charge in [-0.1, -0.05) is 24.3 Å². The second-order valence-corrected chi connectivity index (χ2v) is 6.57. The molecule has 1 fully saturated rings. The maximum absolute atomic E-state index is 5.46. The fourth-order valence-electron chi connectivity index (χ4n) is 3.20. The van der Waals surface area contributed by atoms with Gasteiger partial charge in [-0.3, -0.25) is 4.99 Å². The van der Waals surface area contributed by atoms with E-state index in [1.807, 2.05) is 19.6 Å². The summed E-state index contributed by atoms with van der Waals surface area (Å²) in [6.07, 6.45) is 6.77. The Morgan fingerprint density at radius 2 is 2.32 bits per heavy atom. The number of guanidine groups is 1. The van der Waals surface area contributed by atoms with Gasteiger partial charge in [-0.25, -0.2) is 4.98 Å². The quantitative estimate of drug-likeness (QED) is 0.645. The number of rotatable bonds is 6. The fourth-order valence-corrected chi connectivity index (χ4v) is 3.20. The molecular weight excluding hydrogens is 314 g/mol. The highest BCUT2D eigenvalue weighted by Crippen LogP contribution is 2.13. The zero-order valence-corrected chi connectivity index (χ0v) is 15.1. The van der Waals surface area contributed by atoms with E-state index in [1.54, 1.807) is 6.20 Å². The normalized spacial score (nSPS) is 17.7. The van der Waals surface area contributed by atoms with Crippen LogP contribution in [0, 0.1) is 5.92 Å². The summed E-state index contributed by atoms with van der Waals surface area (Å²) in [5.41, 5.74) is 2.51. The van der Waals surface area contributed by atoms with Crippen molar-refractivity contribution in [3.05, 3.63) is 54.1 Å². The number of nitrogens with zero attached hydrogens (tertiary/aromatic N) is 4. The van der Waals surface area contributed by atoms with Crippen molar-refractivity contribution in [2.45, 2.75) is 19.5 Å². The van der Waals surface area contributed by atoms with Crippen molar-refractivity contribution in [1.82, 2.24) is 19.8 Å². The predicted octanol–water partition coefficient (Wildman–Crippen LogP) is 1.98. The maximum Gasteiger partial charge on any atom is 0.193 e. The van der Waals surface area contributed by atoms with Gasteiger partial charge in [0.25, 0.3) is 0 Å². The van der Waals surface area contributed by atoms with E-state index in [2.05, 4.69) is 56.1 Å². The van der Waals surface area contributed by atoms with Crippen molar-refractivity contribution in [2.75, 3.05) is 33.9 Å². The van der Waals surface area contributed by atoms with Crippen LogP contribution in [0.1, 0.15) is 17.5 Å². The summed E-state index contributed by atoms with van der Waals surface area (Å²) in [4.78, 5) is 10.7. The highest BCUT2D eigenvalue weighted by molar-refractivity contribution is 5.79. The Hall–Kier alpha value is -2.34. The zero-order valence-electron chi connectivity index (χ0n) is 15.1. The Kier molecular flexibility index (Phi) is 6.06. The SMILES string of the molecule is CN=C(NCc1cccc(Cn2ccnc2)c1)N(C)CC1CCOC1. The smallest absolute Gasteiger partial charge is 0.193 e. The Morgan fingerprint density at radius 1 is 1.44 bits per heavy atom. The summed E-state index contributed by atoms with van der Waals surface area (Å²) in [5.74, 6) is 1.52. The molecule has 1 saturated heterocycles. The molecule has 0 amide bonds. The van der Waals surface area contributed by atoms with Crippen LogP contribution in [0.2, 0.25) is 0 Å².